The highest BCUT2D eigenvalue weighted by Gasteiger charge is 2.16. The van der Waals surface area contributed by atoms with Crippen LogP contribution in [-0.4, -0.2) is 19.4 Å². The molecule has 0 aliphatic heterocycles. The van der Waals surface area contributed by atoms with E-state index < -0.39 is 0 Å². The van der Waals surface area contributed by atoms with E-state index in [0.29, 0.717) is 0 Å². The van der Waals surface area contributed by atoms with E-state index >= 15 is 0 Å². The number of hydrogen-bond acceptors (Lipinski definition) is 2. The largest absolute Gasteiger partial charge is 0.337 e. The number of aromatic nitrogens is 4. The molecule has 4 nitrogen and oxygen atoms in total. The summed E-state index contributed by atoms with van der Waals surface area (Å²) in [5, 5.41) is 0. The topological polar surface area (TPSA) is 46.0 Å². The summed E-state index contributed by atoms with van der Waals surface area (Å²) in [6, 6.07) is 22.6. The lowest BCUT2D eigenvalue weighted by Gasteiger charge is -1.99. The minimum atomic E-state index is 0.798. The van der Waals surface area contributed by atoms with Crippen molar-refractivity contribution >= 4 is 16.6 Å². The zero-order chi connectivity index (χ0) is 16.8. The Hall–Kier alpha value is -3.40. The van der Waals surface area contributed by atoms with E-state index in [1.54, 1.807) is 0 Å². The molecular formula is C21H16N4. The molecule has 5 aromatic rings. The van der Waals surface area contributed by atoms with E-state index in [-0.39, 0.29) is 0 Å². The number of benzene rings is 2. The van der Waals surface area contributed by atoms with Gasteiger partial charge in [-0.3, -0.25) is 4.40 Å². The van der Waals surface area contributed by atoms with Crippen molar-refractivity contribution in [1.82, 2.24) is 19.4 Å². The summed E-state index contributed by atoms with van der Waals surface area (Å²) in [6.45, 7) is 2.08. The molecule has 0 saturated carbocycles. The van der Waals surface area contributed by atoms with Gasteiger partial charge in [0.25, 0.3) is 0 Å². The van der Waals surface area contributed by atoms with Gasteiger partial charge in [0.1, 0.15) is 11.5 Å². The minimum absolute atomic E-state index is 0.798. The van der Waals surface area contributed by atoms with Crippen LogP contribution in [0.2, 0.25) is 0 Å². The molecule has 0 bridgehead atoms. The second-order valence-corrected chi connectivity index (χ2v) is 6.21. The van der Waals surface area contributed by atoms with Crippen LogP contribution < -0.4 is 0 Å². The summed E-state index contributed by atoms with van der Waals surface area (Å²) in [6.07, 6.45) is 2.04. The Morgan fingerprint density at radius 2 is 1.72 bits per heavy atom. The number of aromatic amines is 1. The summed E-state index contributed by atoms with van der Waals surface area (Å²) in [5.74, 6) is 1.72. The molecule has 0 amide bonds. The van der Waals surface area contributed by atoms with Crippen molar-refractivity contribution in [3.8, 4) is 22.9 Å². The monoisotopic (exact) mass is 324 g/mol. The highest BCUT2D eigenvalue weighted by Crippen LogP contribution is 2.29. The van der Waals surface area contributed by atoms with Crippen LogP contribution in [0.3, 0.4) is 0 Å². The molecule has 0 atom stereocenters. The molecular weight excluding hydrogens is 308 g/mol. The normalized spacial score (nSPS) is 11.4. The second-order valence-electron chi connectivity index (χ2n) is 6.21. The van der Waals surface area contributed by atoms with E-state index in [9.17, 15) is 0 Å². The molecule has 0 aliphatic rings. The van der Waals surface area contributed by atoms with Crippen LogP contribution in [0.15, 0.2) is 72.9 Å². The Morgan fingerprint density at radius 1 is 0.880 bits per heavy atom. The van der Waals surface area contributed by atoms with Crippen molar-refractivity contribution < 1.29 is 0 Å². The van der Waals surface area contributed by atoms with Crippen molar-refractivity contribution in [2.45, 2.75) is 6.92 Å². The van der Waals surface area contributed by atoms with Gasteiger partial charge < -0.3 is 4.98 Å². The number of rotatable bonds is 2. The fraction of sp³-hybridized carbons (Fsp3) is 0.0476. The van der Waals surface area contributed by atoms with Crippen molar-refractivity contribution in [1.29, 1.82) is 0 Å². The zero-order valence-corrected chi connectivity index (χ0v) is 13.8. The van der Waals surface area contributed by atoms with Gasteiger partial charge in [-0.2, -0.15) is 0 Å². The first-order valence-corrected chi connectivity index (χ1v) is 8.29. The number of fused-ring (bicyclic) bond motifs is 2. The van der Waals surface area contributed by atoms with Crippen molar-refractivity contribution in [3.05, 3.63) is 78.5 Å². The molecule has 0 unspecified atom stereocenters. The third-order valence-electron chi connectivity index (χ3n) is 4.44. The molecule has 3 aromatic heterocycles. The SMILES string of the molecule is Cc1ccc2nc(-c3nc(-c4ccccc4)n4ccccc34)[nH]c2c1. The van der Waals surface area contributed by atoms with E-state index in [1.807, 2.05) is 42.6 Å². The van der Waals surface area contributed by atoms with Crippen molar-refractivity contribution in [2.75, 3.05) is 0 Å². The number of hydrogen-bond donors (Lipinski definition) is 1. The van der Waals surface area contributed by atoms with Crippen LogP contribution in [0.25, 0.3) is 39.5 Å². The Labute approximate surface area is 144 Å². The average molecular weight is 324 g/mol. The molecule has 0 saturated heterocycles. The van der Waals surface area contributed by atoms with Gasteiger partial charge in [-0.05, 0) is 36.8 Å². The third kappa shape index (κ3) is 2.22. The molecule has 5 rings (SSSR count). The predicted octanol–water partition coefficient (Wildman–Crippen LogP) is 4.85. The van der Waals surface area contributed by atoms with Gasteiger partial charge in [0.15, 0.2) is 5.82 Å². The first kappa shape index (κ1) is 14.0. The summed E-state index contributed by atoms with van der Waals surface area (Å²) >= 11 is 0. The fourth-order valence-electron chi connectivity index (χ4n) is 3.24. The quantitative estimate of drug-likeness (QED) is 0.504. The zero-order valence-electron chi connectivity index (χ0n) is 13.8. The first-order valence-electron chi connectivity index (χ1n) is 8.29. The lowest BCUT2D eigenvalue weighted by molar-refractivity contribution is 1.16. The molecule has 1 N–H and O–H groups in total. The lowest BCUT2D eigenvalue weighted by Crippen LogP contribution is -1.87. The van der Waals surface area contributed by atoms with Gasteiger partial charge in [0.05, 0.1) is 16.6 Å². The standard InChI is InChI=1S/C21H16N4/c1-14-10-11-16-17(13-14)23-20(22-16)19-18-9-5-6-12-25(18)21(24-19)15-7-3-2-4-8-15/h2-13H,1H3,(H,22,23). The van der Waals surface area contributed by atoms with E-state index in [0.717, 1.165) is 39.5 Å². The highest BCUT2D eigenvalue weighted by atomic mass is 15.1. The maximum Gasteiger partial charge on any atom is 0.159 e. The molecule has 0 aliphatic carbocycles. The van der Waals surface area contributed by atoms with E-state index in [1.165, 1.54) is 5.56 Å². The maximum atomic E-state index is 4.92. The van der Waals surface area contributed by atoms with E-state index in [2.05, 4.69) is 46.6 Å². The van der Waals surface area contributed by atoms with Crippen LogP contribution in [0.1, 0.15) is 5.56 Å². The van der Waals surface area contributed by atoms with Gasteiger partial charge in [-0.1, -0.05) is 42.5 Å². The Kier molecular flexibility index (Phi) is 2.97. The lowest BCUT2D eigenvalue weighted by atomic mass is 10.2. The van der Waals surface area contributed by atoms with Crippen LogP contribution in [0.5, 0.6) is 0 Å². The Balaban J connectivity index is 1.78. The van der Waals surface area contributed by atoms with Gasteiger partial charge >= 0.3 is 0 Å². The molecule has 120 valence electrons. The van der Waals surface area contributed by atoms with Crippen LogP contribution in [-0.2, 0) is 0 Å². The van der Waals surface area contributed by atoms with Gasteiger partial charge in [0, 0.05) is 11.8 Å². The number of nitrogens with zero attached hydrogens (tertiary/aromatic N) is 3. The molecule has 2 aromatic carbocycles. The third-order valence-corrected chi connectivity index (χ3v) is 4.44. The van der Waals surface area contributed by atoms with Gasteiger partial charge in [-0.25, -0.2) is 9.97 Å². The van der Waals surface area contributed by atoms with Crippen LogP contribution in [0, 0.1) is 6.92 Å². The fourth-order valence-corrected chi connectivity index (χ4v) is 3.24. The van der Waals surface area contributed by atoms with Crippen molar-refractivity contribution in [2.24, 2.45) is 0 Å². The summed E-state index contributed by atoms with van der Waals surface area (Å²) in [4.78, 5) is 13.1. The second kappa shape index (κ2) is 5.31. The average Bonchev–Trinajstić information content (AvgIpc) is 3.23. The summed E-state index contributed by atoms with van der Waals surface area (Å²) in [7, 11) is 0. The number of nitrogens with one attached hydrogen (secondary N) is 1. The summed E-state index contributed by atoms with van der Waals surface area (Å²) < 4.78 is 2.11. The molecule has 25 heavy (non-hydrogen) atoms. The Bertz CT molecular complexity index is 1200. The van der Waals surface area contributed by atoms with E-state index in [4.69, 9.17) is 9.97 Å². The minimum Gasteiger partial charge on any atom is -0.337 e. The number of H-pyrrole nitrogens is 1. The molecule has 4 heteroatoms. The van der Waals surface area contributed by atoms with Gasteiger partial charge in [0.2, 0.25) is 0 Å². The molecule has 0 fully saturated rings. The summed E-state index contributed by atoms with van der Waals surface area (Å²) in [5.41, 5.74) is 6.20. The smallest absolute Gasteiger partial charge is 0.159 e. The predicted molar refractivity (Wildman–Crippen MR) is 100 cm³/mol. The van der Waals surface area contributed by atoms with Crippen molar-refractivity contribution in [3.63, 3.8) is 0 Å². The molecule has 3 heterocycles. The van der Waals surface area contributed by atoms with Gasteiger partial charge in [-0.15, -0.1) is 0 Å². The highest BCUT2D eigenvalue weighted by molar-refractivity contribution is 5.84. The maximum absolute atomic E-state index is 4.92. The van der Waals surface area contributed by atoms with Crippen LogP contribution >= 0.6 is 0 Å². The number of aryl methyl sites for hydroxylation is 1. The van der Waals surface area contributed by atoms with Crippen LogP contribution in [0.4, 0.5) is 0 Å². The number of imidazole rings is 2. The molecule has 0 spiro atoms. The first-order chi connectivity index (χ1) is 12.3. The number of pyridine rings is 1. The molecule has 0 radical (unpaired) electrons. The Morgan fingerprint density at radius 3 is 2.60 bits per heavy atom.